The predicted octanol–water partition coefficient (Wildman–Crippen LogP) is 2.17. The van der Waals surface area contributed by atoms with Gasteiger partial charge in [-0.15, -0.1) is 0 Å². The van der Waals surface area contributed by atoms with Crippen LogP contribution in [0.1, 0.15) is 110 Å². The Morgan fingerprint density at radius 2 is 1.34 bits per heavy atom. The molecule has 0 aliphatic heterocycles. The van der Waals surface area contributed by atoms with E-state index in [4.69, 9.17) is 22.9 Å². The molecular formula is C29H62N6O3. The van der Waals surface area contributed by atoms with Crippen LogP contribution in [0.2, 0.25) is 0 Å². The van der Waals surface area contributed by atoms with Gasteiger partial charge >= 0.3 is 0 Å². The van der Waals surface area contributed by atoms with Crippen LogP contribution in [0.25, 0.3) is 0 Å². The Balaban J connectivity index is 4.61. The molecule has 0 saturated carbocycles. The van der Waals surface area contributed by atoms with E-state index in [9.17, 15) is 15.0 Å². The summed E-state index contributed by atoms with van der Waals surface area (Å²) in [5, 5.41) is 28.2. The molecule has 0 heterocycles. The fourth-order valence-corrected chi connectivity index (χ4v) is 4.76. The number of amides is 1. The van der Waals surface area contributed by atoms with E-state index in [2.05, 4.69) is 17.6 Å². The highest BCUT2D eigenvalue weighted by atomic mass is 16.3. The van der Waals surface area contributed by atoms with Gasteiger partial charge in [0.05, 0.1) is 18.2 Å². The number of aliphatic hydroxyl groups is 2. The molecule has 9 nitrogen and oxygen atoms in total. The van der Waals surface area contributed by atoms with Crippen LogP contribution in [0.4, 0.5) is 0 Å². The van der Waals surface area contributed by atoms with E-state index >= 15 is 0 Å². The van der Waals surface area contributed by atoms with Gasteiger partial charge in [-0.25, -0.2) is 0 Å². The first-order valence-electron chi connectivity index (χ1n) is 15.3. The third kappa shape index (κ3) is 16.8. The lowest BCUT2D eigenvalue weighted by atomic mass is 9.81. The van der Waals surface area contributed by atoms with Crippen LogP contribution in [-0.4, -0.2) is 72.6 Å². The maximum Gasteiger partial charge on any atom is 0.240 e. The van der Waals surface area contributed by atoms with Gasteiger partial charge in [0, 0.05) is 0 Å². The zero-order chi connectivity index (χ0) is 28.5. The molecule has 2 unspecified atom stereocenters. The van der Waals surface area contributed by atoms with Gasteiger partial charge in [-0.3, -0.25) is 4.79 Å². The summed E-state index contributed by atoms with van der Waals surface area (Å²) >= 11 is 0. The molecule has 4 atom stereocenters. The zero-order valence-electron chi connectivity index (χ0n) is 24.3. The second-order valence-corrected chi connectivity index (χ2v) is 10.7. The normalized spacial score (nSPS) is 15.9. The monoisotopic (exact) mass is 542 g/mol. The molecule has 0 aromatic rings. The topological polar surface area (TPSA) is 186 Å². The van der Waals surface area contributed by atoms with Gasteiger partial charge < -0.3 is 43.8 Å². The molecule has 0 rings (SSSR count). The summed E-state index contributed by atoms with van der Waals surface area (Å²) in [4.78, 5) is 12.6. The van der Waals surface area contributed by atoms with Crippen molar-refractivity contribution in [1.29, 1.82) is 0 Å². The third-order valence-corrected chi connectivity index (χ3v) is 7.31. The molecule has 0 aliphatic carbocycles. The SMILES string of the molecule is CCCCCCCCCCCCC/C=C/[C@@H](O)[C@H](N)C(O)C(CCCNCCCN)(NCCCN)C(N)=O. The average molecular weight is 543 g/mol. The molecule has 226 valence electrons. The van der Waals surface area contributed by atoms with Crippen LogP contribution in [0.5, 0.6) is 0 Å². The molecule has 12 N–H and O–H groups in total. The molecule has 1 amide bonds. The first kappa shape index (κ1) is 36.9. The quantitative estimate of drug-likeness (QED) is 0.0546. The van der Waals surface area contributed by atoms with E-state index in [1.165, 1.54) is 64.2 Å². The van der Waals surface area contributed by atoms with Crippen molar-refractivity contribution in [2.24, 2.45) is 22.9 Å². The lowest BCUT2D eigenvalue weighted by molar-refractivity contribution is -0.131. The number of allylic oxidation sites excluding steroid dienone is 1. The van der Waals surface area contributed by atoms with Gasteiger partial charge in [0.2, 0.25) is 5.91 Å². The van der Waals surface area contributed by atoms with Crippen LogP contribution < -0.4 is 33.6 Å². The first-order chi connectivity index (χ1) is 18.4. The molecule has 0 saturated heterocycles. The summed E-state index contributed by atoms with van der Waals surface area (Å²) in [7, 11) is 0. The minimum Gasteiger partial charge on any atom is -0.389 e. The number of aliphatic hydroxyl groups excluding tert-OH is 2. The highest BCUT2D eigenvalue weighted by Gasteiger charge is 2.46. The van der Waals surface area contributed by atoms with E-state index in [0.717, 1.165) is 25.8 Å². The van der Waals surface area contributed by atoms with Gasteiger partial charge in [-0.1, -0.05) is 83.3 Å². The minimum atomic E-state index is -1.45. The molecule has 0 aromatic carbocycles. The number of hydrogen-bond acceptors (Lipinski definition) is 8. The van der Waals surface area contributed by atoms with Crippen molar-refractivity contribution in [2.45, 2.75) is 133 Å². The summed E-state index contributed by atoms with van der Waals surface area (Å²) in [6.07, 6.45) is 18.5. The lowest BCUT2D eigenvalue weighted by Gasteiger charge is -2.40. The number of primary amides is 1. The Hall–Kier alpha value is -1.07. The smallest absolute Gasteiger partial charge is 0.240 e. The van der Waals surface area contributed by atoms with Crippen LogP contribution in [0, 0.1) is 0 Å². The van der Waals surface area contributed by atoms with Crippen LogP contribution >= 0.6 is 0 Å². The number of nitrogens with two attached hydrogens (primary N) is 4. The molecule has 0 spiro atoms. The highest BCUT2D eigenvalue weighted by Crippen LogP contribution is 2.22. The minimum absolute atomic E-state index is 0.284. The van der Waals surface area contributed by atoms with Gasteiger partial charge in [-0.2, -0.15) is 0 Å². The lowest BCUT2D eigenvalue weighted by Crippen LogP contribution is -2.69. The predicted molar refractivity (Wildman–Crippen MR) is 160 cm³/mol. The Morgan fingerprint density at radius 1 is 0.816 bits per heavy atom. The van der Waals surface area contributed by atoms with E-state index in [1.54, 1.807) is 6.08 Å². The largest absolute Gasteiger partial charge is 0.389 e. The highest BCUT2D eigenvalue weighted by molar-refractivity contribution is 5.85. The fourth-order valence-electron chi connectivity index (χ4n) is 4.76. The number of rotatable bonds is 28. The Kier molecular flexibility index (Phi) is 24.2. The average Bonchev–Trinajstić information content (AvgIpc) is 2.91. The summed E-state index contributed by atoms with van der Waals surface area (Å²) in [5.74, 6) is -0.684. The van der Waals surface area contributed by atoms with Crippen molar-refractivity contribution in [3.8, 4) is 0 Å². The summed E-state index contributed by atoms with van der Waals surface area (Å²) in [6, 6.07) is -1.06. The number of unbranched alkanes of at least 4 members (excludes halogenated alkanes) is 11. The Labute approximate surface area is 232 Å². The van der Waals surface area contributed by atoms with Gasteiger partial charge in [-0.05, 0) is 71.2 Å². The molecule has 0 aliphatic rings. The standard InChI is InChI=1S/C29H62N6O3/c1-2-3-4-5-6-7-8-9-10-11-12-13-14-18-25(36)26(32)27(37)29(28(33)38,35-24-17-21-31)19-15-22-34-23-16-20-30/h14,18,25-27,34-37H,2-13,15-17,19-24,30-32H2,1H3,(H2,33,38)/b18-14+/t25-,26+,27?,29?/m1/s1. The molecule has 38 heavy (non-hydrogen) atoms. The molecule has 9 heteroatoms. The second-order valence-electron chi connectivity index (χ2n) is 10.7. The molecular weight excluding hydrogens is 480 g/mol. The van der Waals surface area contributed by atoms with Crippen molar-refractivity contribution in [2.75, 3.05) is 32.7 Å². The van der Waals surface area contributed by atoms with E-state index in [1.807, 2.05) is 6.08 Å². The second kappa shape index (κ2) is 24.9. The van der Waals surface area contributed by atoms with Gasteiger partial charge in [0.25, 0.3) is 0 Å². The van der Waals surface area contributed by atoms with Gasteiger partial charge in [0.1, 0.15) is 5.54 Å². The van der Waals surface area contributed by atoms with Crippen molar-refractivity contribution < 1.29 is 15.0 Å². The maximum atomic E-state index is 12.6. The number of carbonyl (C=O) groups excluding carboxylic acids is 1. The molecule has 0 fully saturated rings. The Morgan fingerprint density at radius 3 is 1.89 bits per heavy atom. The van der Waals surface area contributed by atoms with Gasteiger partial charge in [0.15, 0.2) is 0 Å². The van der Waals surface area contributed by atoms with E-state index < -0.39 is 29.7 Å². The number of nitrogens with one attached hydrogen (secondary N) is 2. The summed E-state index contributed by atoms with van der Waals surface area (Å²) in [5.41, 5.74) is 21.7. The van der Waals surface area contributed by atoms with Crippen molar-refractivity contribution in [3.63, 3.8) is 0 Å². The van der Waals surface area contributed by atoms with E-state index in [-0.39, 0.29) is 6.42 Å². The van der Waals surface area contributed by atoms with Crippen molar-refractivity contribution in [1.82, 2.24) is 10.6 Å². The zero-order valence-corrected chi connectivity index (χ0v) is 24.3. The number of hydrogen-bond donors (Lipinski definition) is 8. The molecule has 0 aromatic heterocycles. The van der Waals surface area contributed by atoms with Crippen LogP contribution in [0.3, 0.4) is 0 Å². The number of carbonyl (C=O) groups is 1. The summed E-state index contributed by atoms with van der Waals surface area (Å²) < 4.78 is 0. The molecule has 0 bridgehead atoms. The maximum absolute atomic E-state index is 12.6. The molecule has 0 radical (unpaired) electrons. The van der Waals surface area contributed by atoms with Crippen LogP contribution in [0.15, 0.2) is 12.2 Å². The summed E-state index contributed by atoms with van der Waals surface area (Å²) in [6.45, 7) is 5.14. The fraction of sp³-hybridized carbons (Fsp3) is 0.897. The first-order valence-corrected chi connectivity index (χ1v) is 15.3. The van der Waals surface area contributed by atoms with E-state index in [0.29, 0.717) is 39.0 Å². The Bertz CT molecular complexity index is 581. The van der Waals surface area contributed by atoms with Crippen molar-refractivity contribution >= 4 is 5.91 Å². The van der Waals surface area contributed by atoms with Crippen LogP contribution in [-0.2, 0) is 4.79 Å². The van der Waals surface area contributed by atoms with Crippen molar-refractivity contribution in [3.05, 3.63) is 12.2 Å². The third-order valence-electron chi connectivity index (χ3n) is 7.31.